The molecule has 0 spiro atoms. The molecule has 1 fully saturated rings. The Hall–Kier alpha value is -0.630. The summed E-state index contributed by atoms with van der Waals surface area (Å²) >= 11 is 1.61. The molecular weight excluding hydrogens is 333 g/mol. The van der Waals surface area contributed by atoms with E-state index in [1.807, 2.05) is 12.1 Å². The first-order chi connectivity index (χ1) is 9.35. The van der Waals surface area contributed by atoms with Gasteiger partial charge in [0.15, 0.2) is 10.8 Å². The summed E-state index contributed by atoms with van der Waals surface area (Å²) < 4.78 is 10.9. The normalized spacial score (nSPS) is 18.8. The second-order valence-electron chi connectivity index (χ2n) is 4.58. The number of thiazole rings is 1. The van der Waals surface area contributed by atoms with Crippen LogP contribution in [0.5, 0.6) is 0 Å². The van der Waals surface area contributed by atoms with Crippen LogP contribution in [-0.2, 0) is 11.3 Å². The van der Waals surface area contributed by atoms with E-state index in [2.05, 4.69) is 15.3 Å². The third kappa shape index (κ3) is 4.67. The molecule has 0 amide bonds. The number of morpholine rings is 1. The maximum atomic E-state index is 5.65. The molecule has 2 aromatic heterocycles. The van der Waals surface area contributed by atoms with Crippen LogP contribution < -0.4 is 5.73 Å². The largest absolute Gasteiger partial charge is 0.462 e. The molecule has 8 heteroatoms. The second kappa shape index (κ2) is 8.73. The first-order valence-corrected chi connectivity index (χ1v) is 7.25. The smallest absolute Gasteiger partial charge is 0.162 e. The minimum atomic E-state index is 0. The zero-order valence-electron chi connectivity index (χ0n) is 11.4. The highest BCUT2D eigenvalue weighted by molar-refractivity contribution is 7.13. The summed E-state index contributed by atoms with van der Waals surface area (Å²) in [5.41, 5.74) is 6.73. The summed E-state index contributed by atoms with van der Waals surface area (Å²) in [6.07, 6.45) is 1.82. The van der Waals surface area contributed by atoms with Gasteiger partial charge in [-0.05, 0) is 12.1 Å². The molecule has 0 radical (unpaired) electrons. The van der Waals surface area contributed by atoms with E-state index in [-0.39, 0.29) is 30.9 Å². The van der Waals surface area contributed by atoms with Crippen LogP contribution in [-0.4, -0.2) is 42.2 Å². The van der Waals surface area contributed by atoms with Crippen LogP contribution in [0.25, 0.3) is 10.8 Å². The Morgan fingerprint density at radius 1 is 1.43 bits per heavy atom. The van der Waals surface area contributed by atoms with E-state index in [4.69, 9.17) is 14.9 Å². The molecule has 118 valence electrons. The predicted octanol–water partition coefficient (Wildman–Crippen LogP) is 2.41. The van der Waals surface area contributed by atoms with Crippen LogP contribution in [0.15, 0.2) is 28.2 Å². The summed E-state index contributed by atoms with van der Waals surface area (Å²) in [5, 5.41) is 3.02. The SMILES string of the molecule is Cl.Cl.NCC1CN(Cc2csc(-c3ccco3)n2)CCO1. The Bertz CT molecular complexity index is 521. The average Bonchev–Trinajstić information content (AvgIpc) is 3.09. The van der Waals surface area contributed by atoms with Crippen molar-refractivity contribution in [3.63, 3.8) is 0 Å². The van der Waals surface area contributed by atoms with Gasteiger partial charge in [-0.15, -0.1) is 36.2 Å². The molecule has 1 saturated heterocycles. The fraction of sp³-hybridized carbons (Fsp3) is 0.462. The number of furan rings is 1. The number of nitrogens with two attached hydrogens (primary N) is 1. The molecule has 3 rings (SSSR count). The van der Waals surface area contributed by atoms with E-state index in [9.17, 15) is 0 Å². The summed E-state index contributed by atoms with van der Waals surface area (Å²) in [5.74, 6) is 0.832. The minimum Gasteiger partial charge on any atom is -0.462 e. The second-order valence-corrected chi connectivity index (χ2v) is 5.44. The number of hydrogen-bond acceptors (Lipinski definition) is 6. The number of aromatic nitrogens is 1. The van der Waals surface area contributed by atoms with E-state index in [0.717, 1.165) is 42.7 Å². The van der Waals surface area contributed by atoms with Gasteiger partial charge in [0.25, 0.3) is 0 Å². The van der Waals surface area contributed by atoms with Crippen LogP contribution >= 0.6 is 36.2 Å². The van der Waals surface area contributed by atoms with Crippen molar-refractivity contribution in [1.29, 1.82) is 0 Å². The Morgan fingerprint density at radius 2 is 2.29 bits per heavy atom. The fourth-order valence-electron chi connectivity index (χ4n) is 2.19. The van der Waals surface area contributed by atoms with Gasteiger partial charge in [0.1, 0.15) is 0 Å². The number of hydrogen-bond donors (Lipinski definition) is 1. The molecular formula is C13H19Cl2N3O2S. The van der Waals surface area contributed by atoms with Crippen molar-refractivity contribution in [2.24, 2.45) is 5.73 Å². The first kappa shape index (κ1) is 18.4. The zero-order chi connectivity index (χ0) is 13.1. The van der Waals surface area contributed by atoms with Gasteiger partial charge in [-0.1, -0.05) is 0 Å². The monoisotopic (exact) mass is 351 g/mol. The molecule has 1 aliphatic rings. The van der Waals surface area contributed by atoms with E-state index in [1.165, 1.54) is 0 Å². The third-order valence-electron chi connectivity index (χ3n) is 3.16. The van der Waals surface area contributed by atoms with Gasteiger partial charge in [-0.2, -0.15) is 0 Å². The number of rotatable bonds is 4. The van der Waals surface area contributed by atoms with Crippen LogP contribution in [0.3, 0.4) is 0 Å². The Labute approximate surface area is 140 Å². The fourth-order valence-corrected chi connectivity index (χ4v) is 2.97. The summed E-state index contributed by atoms with van der Waals surface area (Å²) in [6, 6.07) is 3.81. The van der Waals surface area contributed by atoms with Gasteiger partial charge in [-0.25, -0.2) is 4.98 Å². The van der Waals surface area contributed by atoms with Gasteiger partial charge in [0.05, 0.1) is 24.7 Å². The molecule has 5 nitrogen and oxygen atoms in total. The van der Waals surface area contributed by atoms with Gasteiger partial charge < -0.3 is 14.9 Å². The van der Waals surface area contributed by atoms with Crippen LogP contribution in [0.4, 0.5) is 0 Å². The highest BCUT2D eigenvalue weighted by atomic mass is 35.5. The van der Waals surface area contributed by atoms with Crippen LogP contribution in [0.2, 0.25) is 0 Å². The Balaban J connectivity index is 0.00000110. The maximum Gasteiger partial charge on any atom is 0.162 e. The predicted molar refractivity (Wildman–Crippen MR) is 88.4 cm³/mol. The average molecular weight is 352 g/mol. The number of ether oxygens (including phenoxy) is 1. The van der Waals surface area contributed by atoms with Gasteiger partial charge in [0.2, 0.25) is 0 Å². The lowest BCUT2D eigenvalue weighted by Gasteiger charge is -2.31. The molecule has 2 aromatic rings. The molecule has 1 unspecified atom stereocenters. The van der Waals surface area contributed by atoms with Crippen molar-refractivity contribution >= 4 is 36.2 Å². The van der Waals surface area contributed by atoms with Gasteiger partial charge in [0, 0.05) is 31.6 Å². The molecule has 0 aromatic carbocycles. The van der Waals surface area contributed by atoms with Crippen LogP contribution in [0, 0.1) is 0 Å². The topological polar surface area (TPSA) is 64.5 Å². The molecule has 0 bridgehead atoms. The first-order valence-electron chi connectivity index (χ1n) is 6.37. The van der Waals surface area contributed by atoms with Crippen molar-refractivity contribution in [2.75, 3.05) is 26.2 Å². The highest BCUT2D eigenvalue weighted by Gasteiger charge is 2.20. The highest BCUT2D eigenvalue weighted by Crippen LogP contribution is 2.24. The summed E-state index contributed by atoms with van der Waals surface area (Å²) in [6.45, 7) is 3.98. The van der Waals surface area contributed by atoms with E-state index in [1.54, 1.807) is 17.6 Å². The van der Waals surface area contributed by atoms with Gasteiger partial charge >= 0.3 is 0 Å². The molecule has 0 saturated carbocycles. The lowest BCUT2D eigenvalue weighted by atomic mass is 10.2. The Kier molecular flexibility index (Phi) is 7.65. The van der Waals surface area contributed by atoms with E-state index in [0.29, 0.717) is 6.54 Å². The standard InChI is InChI=1S/C13H17N3O2S.2ClH/c14-6-11-8-16(3-5-17-11)7-10-9-19-13(15-10)12-2-1-4-18-12;;/h1-2,4,9,11H,3,5-8,14H2;2*1H. The van der Waals surface area contributed by atoms with Crippen molar-refractivity contribution < 1.29 is 9.15 Å². The lowest BCUT2D eigenvalue weighted by molar-refractivity contribution is -0.0263. The van der Waals surface area contributed by atoms with E-state index < -0.39 is 0 Å². The molecule has 1 atom stereocenters. The molecule has 0 aliphatic carbocycles. The van der Waals surface area contributed by atoms with Crippen LogP contribution in [0.1, 0.15) is 5.69 Å². The quantitative estimate of drug-likeness (QED) is 0.916. The van der Waals surface area contributed by atoms with E-state index >= 15 is 0 Å². The Morgan fingerprint density at radius 3 is 3.00 bits per heavy atom. The zero-order valence-corrected chi connectivity index (χ0v) is 13.9. The van der Waals surface area contributed by atoms with Gasteiger partial charge in [-0.3, -0.25) is 4.90 Å². The van der Waals surface area contributed by atoms with Crippen molar-refractivity contribution in [2.45, 2.75) is 12.6 Å². The molecule has 2 N–H and O–H groups in total. The minimum absolute atomic E-state index is 0. The number of halogens is 2. The third-order valence-corrected chi connectivity index (χ3v) is 4.06. The summed E-state index contributed by atoms with van der Waals surface area (Å²) in [7, 11) is 0. The van der Waals surface area contributed by atoms with Crippen molar-refractivity contribution in [3.8, 4) is 10.8 Å². The summed E-state index contributed by atoms with van der Waals surface area (Å²) in [4.78, 5) is 6.94. The maximum absolute atomic E-state index is 5.65. The lowest BCUT2D eigenvalue weighted by Crippen LogP contribution is -2.45. The van der Waals surface area contributed by atoms with Crippen molar-refractivity contribution in [3.05, 3.63) is 29.5 Å². The number of nitrogens with zero attached hydrogens (tertiary/aromatic N) is 2. The molecule has 1 aliphatic heterocycles. The molecule has 3 heterocycles. The van der Waals surface area contributed by atoms with Crippen molar-refractivity contribution in [1.82, 2.24) is 9.88 Å². The molecule has 21 heavy (non-hydrogen) atoms.